The number of aromatic nitrogens is 1. The summed E-state index contributed by atoms with van der Waals surface area (Å²) < 4.78 is 5.65. The molecule has 0 saturated heterocycles. The summed E-state index contributed by atoms with van der Waals surface area (Å²) in [5, 5.41) is 3.53. The van der Waals surface area contributed by atoms with Gasteiger partial charge in [0.25, 0.3) is 0 Å². The Kier molecular flexibility index (Phi) is 4.23. The molecule has 94 valence electrons. The van der Waals surface area contributed by atoms with Crippen molar-refractivity contribution in [1.29, 1.82) is 0 Å². The predicted molar refractivity (Wildman–Crippen MR) is 72.5 cm³/mol. The maximum Gasteiger partial charge on any atom is 0.239 e. The normalized spacial score (nSPS) is 11.1. The van der Waals surface area contributed by atoms with Crippen LogP contribution in [0.25, 0.3) is 0 Å². The maximum absolute atomic E-state index is 5.79. The van der Waals surface area contributed by atoms with Gasteiger partial charge in [0.05, 0.1) is 12.2 Å². The van der Waals surface area contributed by atoms with Gasteiger partial charge in [-0.25, -0.2) is 0 Å². The third-order valence-corrected chi connectivity index (χ3v) is 1.89. The first kappa shape index (κ1) is 13.6. The number of nitrogens with one attached hydrogen (secondary N) is 1. The largest absolute Gasteiger partial charge is 0.470 e. The van der Waals surface area contributed by atoms with Crippen molar-refractivity contribution in [3.63, 3.8) is 0 Å². The van der Waals surface area contributed by atoms with Gasteiger partial charge in [-0.2, -0.15) is 4.98 Å². The van der Waals surface area contributed by atoms with E-state index in [-0.39, 0.29) is 5.60 Å². The van der Waals surface area contributed by atoms with E-state index in [0.717, 1.165) is 0 Å². The average molecular weight is 256 g/mol. The second kappa shape index (κ2) is 5.27. The maximum atomic E-state index is 5.79. The van der Waals surface area contributed by atoms with Crippen molar-refractivity contribution in [2.45, 2.75) is 26.4 Å². The lowest BCUT2D eigenvalue weighted by molar-refractivity contribution is 0.125. The van der Waals surface area contributed by atoms with Gasteiger partial charge in [-0.05, 0) is 32.9 Å². The van der Waals surface area contributed by atoms with Gasteiger partial charge in [-0.15, -0.1) is 0 Å². The van der Waals surface area contributed by atoms with Gasteiger partial charge in [0.2, 0.25) is 5.88 Å². The van der Waals surface area contributed by atoms with Crippen LogP contribution in [-0.4, -0.2) is 17.1 Å². The van der Waals surface area contributed by atoms with E-state index >= 15 is 0 Å². The molecule has 0 spiro atoms. The minimum atomic E-state index is -0.337. The highest BCUT2D eigenvalue weighted by molar-refractivity contribution is 6.29. The molecule has 0 amide bonds. The third-order valence-electron chi connectivity index (χ3n) is 1.75. The van der Waals surface area contributed by atoms with Crippen LogP contribution in [0.4, 0.5) is 11.5 Å². The molecule has 17 heavy (non-hydrogen) atoms. The lowest BCUT2D eigenvalue weighted by Crippen LogP contribution is -2.24. The van der Waals surface area contributed by atoms with Gasteiger partial charge < -0.3 is 15.8 Å². The molecule has 1 aromatic rings. The van der Waals surface area contributed by atoms with Crippen LogP contribution in [0.15, 0.2) is 23.7 Å². The highest BCUT2D eigenvalue weighted by atomic mass is 35.5. The topological polar surface area (TPSA) is 60.2 Å². The fraction of sp³-hybridized carbons (Fsp3) is 0.417. The van der Waals surface area contributed by atoms with Crippen LogP contribution in [0.3, 0.4) is 0 Å². The monoisotopic (exact) mass is 255 g/mol. The van der Waals surface area contributed by atoms with Crippen molar-refractivity contribution in [1.82, 2.24) is 4.98 Å². The van der Waals surface area contributed by atoms with Crippen LogP contribution in [0, 0.1) is 0 Å². The molecule has 0 bridgehead atoms. The molecule has 0 aromatic carbocycles. The minimum Gasteiger partial charge on any atom is -0.470 e. The number of pyridine rings is 1. The summed E-state index contributed by atoms with van der Waals surface area (Å²) in [5.41, 5.74) is 5.97. The predicted octanol–water partition coefficient (Wildman–Crippen LogP) is 3.01. The molecule has 1 rings (SSSR count). The molecular formula is C12H18ClN3O. The Morgan fingerprint density at radius 3 is 2.71 bits per heavy atom. The zero-order chi connectivity index (χ0) is 13.1. The Hall–Kier alpha value is -1.42. The van der Waals surface area contributed by atoms with Crippen molar-refractivity contribution in [2.75, 3.05) is 17.6 Å². The summed E-state index contributed by atoms with van der Waals surface area (Å²) in [7, 11) is 0. The Morgan fingerprint density at radius 2 is 2.18 bits per heavy atom. The van der Waals surface area contributed by atoms with Crippen LogP contribution >= 0.6 is 11.6 Å². The number of rotatable bonds is 4. The first-order valence-corrected chi connectivity index (χ1v) is 5.68. The Bertz CT molecular complexity index is 413. The van der Waals surface area contributed by atoms with E-state index in [1.807, 2.05) is 20.8 Å². The first-order valence-electron chi connectivity index (χ1n) is 5.30. The molecule has 0 fully saturated rings. The van der Waals surface area contributed by atoms with Crippen molar-refractivity contribution in [2.24, 2.45) is 0 Å². The summed E-state index contributed by atoms with van der Waals surface area (Å²) in [4.78, 5) is 4.27. The van der Waals surface area contributed by atoms with E-state index in [4.69, 9.17) is 22.1 Å². The molecule has 1 heterocycles. The number of nitrogen functional groups attached to an aromatic ring is 1. The molecule has 0 saturated carbocycles. The fourth-order valence-corrected chi connectivity index (χ4v) is 1.17. The SMILES string of the molecule is C=C(Cl)CNc1ccc(N)c(OC(C)(C)C)n1. The highest BCUT2D eigenvalue weighted by Crippen LogP contribution is 2.24. The van der Waals surface area contributed by atoms with E-state index in [2.05, 4.69) is 16.9 Å². The molecule has 4 nitrogen and oxygen atoms in total. The fourth-order valence-electron chi connectivity index (χ4n) is 1.11. The van der Waals surface area contributed by atoms with Crippen LogP contribution in [-0.2, 0) is 0 Å². The molecule has 0 atom stereocenters. The van der Waals surface area contributed by atoms with Gasteiger partial charge in [0.15, 0.2) is 0 Å². The van der Waals surface area contributed by atoms with Crippen LogP contribution in [0.1, 0.15) is 20.8 Å². The van der Waals surface area contributed by atoms with Crippen molar-refractivity contribution in [3.05, 3.63) is 23.7 Å². The third kappa shape index (κ3) is 4.95. The van der Waals surface area contributed by atoms with Crippen LogP contribution in [0.2, 0.25) is 0 Å². The van der Waals surface area contributed by atoms with E-state index in [0.29, 0.717) is 29.0 Å². The van der Waals surface area contributed by atoms with Gasteiger partial charge >= 0.3 is 0 Å². The van der Waals surface area contributed by atoms with E-state index in [1.54, 1.807) is 12.1 Å². The summed E-state index contributed by atoms with van der Waals surface area (Å²) in [6.07, 6.45) is 0. The molecule has 1 aromatic heterocycles. The molecule has 0 unspecified atom stereocenters. The summed E-state index contributed by atoms with van der Waals surface area (Å²) >= 11 is 5.66. The zero-order valence-corrected chi connectivity index (χ0v) is 11.1. The van der Waals surface area contributed by atoms with E-state index in [1.165, 1.54) is 0 Å². The Balaban J connectivity index is 2.83. The smallest absolute Gasteiger partial charge is 0.239 e. The standard InChI is InChI=1S/C12H18ClN3O/c1-8(13)7-15-10-6-5-9(14)11(16-10)17-12(2,3)4/h5-6H,1,7,14H2,2-4H3,(H,15,16). The van der Waals surface area contributed by atoms with Gasteiger partial charge in [-0.1, -0.05) is 18.2 Å². The van der Waals surface area contributed by atoms with E-state index < -0.39 is 0 Å². The van der Waals surface area contributed by atoms with Gasteiger partial charge in [0, 0.05) is 5.03 Å². The first-order chi connectivity index (χ1) is 7.78. The quantitative estimate of drug-likeness (QED) is 0.868. The number of anilines is 2. The molecular weight excluding hydrogens is 238 g/mol. The van der Waals surface area contributed by atoms with Gasteiger partial charge in [-0.3, -0.25) is 0 Å². The van der Waals surface area contributed by atoms with Crippen LogP contribution < -0.4 is 15.8 Å². The zero-order valence-electron chi connectivity index (χ0n) is 10.4. The van der Waals surface area contributed by atoms with Gasteiger partial charge in [0.1, 0.15) is 11.4 Å². The second-order valence-electron chi connectivity index (χ2n) is 4.68. The van der Waals surface area contributed by atoms with Crippen LogP contribution in [0.5, 0.6) is 5.88 Å². The summed E-state index contributed by atoms with van der Waals surface area (Å²) in [6.45, 7) is 9.86. The lowest BCUT2D eigenvalue weighted by Gasteiger charge is -2.21. The number of hydrogen-bond acceptors (Lipinski definition) is 4. The second-order valence-corrected chi connectivity index (χ2v) is 5.21. The minimum absolute atomic E-state index is 0.337. The summed E-state index contributed by atoms with van der Waals surface area (Å²) in [6, 6.07) is 3.51. The summed E-state index contributed by atoms with van der Waals surface area (Å²) in [5.74, 6) is 1.07. The molecule has 0 aliphatic rings. The molecule has 0 aliphatic heterocycles. The molecule has 0 radical (unpaired) electrons. The number of halogens is 1. The number of nitrogens with two attached hydrogens (primary N) is 1. The van der Waals surface area contributed by atoms with Crippen molar-refractivity contribution >= 4 is 23.1 Å². The van der Waals surface area contributed by atoms with E-state index in [9.17, 15) is 0 Å². The lowest BCUT2D eigenvalue weighted by atomic mass is 10.2. The van der Waals surface area contributed by atoms with Crippen molar-refractivity contribution in [3.8, 4) is 5.88 Å². The number of hydrogen-bond donors (Lipinski definition) is 2. The Labute approximate surface area is 107 Å². The van der Waals surface area contributed by atoms with Crippen molar-refractivity contribution < 1.29 is 4.74 Å². The molecule has 0 aliphatic carbocycles. The molecule has 3 N–H and O–H groups in total. The Morgan fingerprint density at radius 1 is 1.53 bits per heavy atom. The number of nitrogens with zero attached hydrogens (tertiary/aromatic N) is 1. The number of ether oxygens (including phenoxy) is 1. The average Bonchev–Trinajstić information content (AvgIpc) is 2.17. The molecule has 5 heteroatoms. The highest BCUT2D eigenvalue weighted by Gasteiger charge is 2.15.